The zero-order chi connectivity index (χ0) is 7.11. The van der Waals surface area contributed by atoms with Crippen LogP contribution in [0.25, 0.3) is 0 Å². The van der Waals surface area contributed by atoms with Gasteiger partial charge in [-0.3, -0.25) is 0 Å². The maximum atomic E-state index is 8.47. The Kier molecular flexibility index (Phi) is 5.93. The van der Waals surface area contributed by atoms with Crippen LogP contribution in [0, 0.1) is 0 Å². The lowest BCUT2D eigenvalue weighted by Crippen LogP contribution is -2.15. The standard InChI is InChI=1S/C6H14O3/c1-6(5-7)9-4-3-8-2/h6-7H,3-5H2,1-2H3/t6-/m1/s1. The van der Waals surface area contributed by atoms with Gasteiger partial charge in [0.15, 0.2) is 0 Å². The average molecular weight is 134 g/mol. The van der Waals surface area contributed by atoms with Crippen molar-refractivity contribution in [3.63, 3.8) is 0 Å². The first-order valence-electron chi connectivity index (χ1n) is 3.02. The number of methoxy groups -OCH3 is 1. The van der Waals surface area contributed by atoms with E-state index in [9.17, 15) is 0 Å². The highest BCUT2D eigenvalue weighted by Gasteiger charge is 1.96. The van der Waals surface area contributed by atoms with E-state index < -0.39 is 0 Å². The number of aliphatic hydroxyl groups is 1. The third-order valence-corrected chi connectivity index (χ3v) is 0.947. The molecular formula is C6H14O3. The number of aliphatic hydroxyl groups excluding tert-OH is 1. The molecule has 0 saturated carbocycles. The monoisotopic (exact) mass is 134 g/mol. The molecule has 0 amide bonds. The molecule has 3 nitrogen and oxygen atoms in total. The molecule has 0 aliphatic rings. The van der Waals surface area contributed by atoms with Crippen LogP contribution in [0.1, 0.15) is 6.92 Å². The van der Waals surface area contributed by atoms with Crippen molar-refractivity contribution >= 4 is 0 Å². The molecule has 0 saturated heterocycles. The topological polar surface area (TPSA) is 38.7 Å². The van der Waals surface area contributed by atoms with Crippen LogP contribution >= 0.6 is 0 Å². The van der Waals surface area contributed by atoms with Gasteiger partial charge in [-0.1, -0.05) is 0 Å². The van der Waals surface area contributed by atoms with E-state index in [4.69, 9.17) is 14.6 Å². The average Bonchev–Trinajstić information content (AvgIpc) is 1.89. The van der Waals surface area contributed by atoms with Gasteiger partial charge in [0.2, 0.25) is 0 Å². The Morgan fingerprint density at radius 1 is 1.44 bits per heavy atom. The van der Waals surface area contributed by atoms with Crippen LogP contribution in [0.3, 0.4) is 0 Å². The molecule has 0 aliphatic heterocycles. The van der Waals surface area contributed by atoms with E-state index in [1.54, 1.807) is 7.11 Å². The van der Waals surface area contributed by atoms with Crippen LogP contribution in [0.15, 0.2) is 0 Å². The molecule has 1 atom stereocenters. The highest BCUT2D eigenvalue weighted by Crippen LogP contribution is 1.86. The fourth-order valence-electron chi connectivity index (χ4n) is 0.385. The van der Waals surface area contributed by atoms with Crippen LogP contribution in [0.4, 0.5) is 0 Å². The minimum absolute atomic E-state index is 0.0693. The Morgan fingerprint density at radius 2 is 2.11 bits per heavy atom. The summed E-state index contributed by atoms with van der Waals surface area (Å²) in [5.41, 5.74) is 0. The predicted molar refractivity (Wildman–Crippen MR) is 34.4 cm³/mol. The summed E-state index contributed by atoms with van der Waals surface area (Å²) in [4.78, 5) is 0. The first kappa shape index (κ1) is 8.88. The molecule has 3 heteroatoms. The molecular weight excluding hydrogens is 120 g/mol. The van der Waals surface area contributed by atoms with Crippen LogP contribution in [0.2, 0.25) is 0 Å². The predicted octanol–water partition coefficient (Wildman–Crippen LogP) is 0.0302. The normalized spacial score (nSPS) is 13.7. The fourth-order valence-corrected chi connectivity index (χ4v) is 0.385. The van der Waals surface area contributed by atoms with Crippen LogP contribution in [0.5, 0.6) is 0 Å². The second-order valence-corrected chi connectivity index (χ2v) is 1.86. The van der Waals surface area contributed by atoms with Crippen molar-refractivity contribution in [3.05, 3.63) is 0 Å². The summed E-state index contributed by atoms with van der Waals surface area (Å²) in [6, 6.07) is 0. The summed E-state index contributed by atoms with van der Waals surface area (Å²) < 4.78 is 9.79. The summed E-state index contributed by atoms with van der Waals surface area (Å²) in [5, 5.41) is 8.47. The van der Waals surface area contributed by atoms with Gasteiger partial charge in [-0.15, -0.1) is 0 Å². The second-order valence-electron chi connectivity index (χ2n) is 1.86. The minimum atomic E-state index is -0.0693. The van der Waals surface area contributed by atoms with Gasteiger partial charge in [-0.05, 0) is 6.92 Å². The van der Waals surface area contributed by atoms with Gasteiger partial charge in [0.1, 0.15) is 0 Å². The zero-order valence-corrected chi connectivity index (χ0v) is 5.96. The Balaban J connectivity index is 2.88. The Hall–Kier alpha value is -0.120. The first-order chi connectivity index (χ1) is 4.31. The van der Waals surface area contributed by atoms with Crippen LogP contribution in [-0.2, 0) is 9.47 Å². The van der Waals surface area contributed by atoms with E-state index in [1.807, 2.05) is 6.92 Å². The van der Waals surface area contributed by atoms with Crippen molar-refractivity contribution in [1.82, 2.24) is 0 Å². The van der Waals surface area contributed by atoms with E-state index in [1.165, 1.54) is 0 Å². The number of hydrogen-bond donors (Lipinski definition) is 1. The lowest BCUT2D eigenvalue weighted by atomic mass is 10.4. The first-order valence-corrected chi connectivity index (χ1v) is 3.02. The van der Waals surface area contributed by atoms with Crippen molar-refractivity contribution in [2.24, 2.45) is 0 Å². The molecule has 1 N–H and O–H groups in total. The quantitative estimate of drug-likeness (QED) is 0.539. The molecule has 0 unspecified atom stereocenters. The van der Waals surface area contributed by atoms with Crippen LogP contribution in [-0.4, -0.2) is 38.1 Å². The van der Waals surface area contributed by atoms with Crippen molar-refractivity contribution < 1.29 is 14.6 Å². The van der Waals surface area contributed by atoms with Gasteiger partial charge in [-0.2, -0.15) is 0 Å². The van der Waals surface area contributed by atoms with E-state index in [-0.39, 0.29) is 12.7 Å². The smallest absolute Gasteiger partial charge is 0.0778 e. The van der Waals surface area contributed by atoms with E-state index in [2.05, 4.69) is 0 Å². The van der Waals surface area contributed by atoms with Crippen LogP contribution < -0.4 is 0 Å². The zero-order valence-electron chi connectivity index (χ0n) is 5.96. The molecule has 9 heavy (non-hydrogen) atoms. The maximum Gasteiger partial charge on any atom is 0.0778 e. The second kappa shape index (κ2) is 6.01. The van der Waals surface area contributed by atoms with E-state index in [0.717, 1.165) is 0 Å². The van der Waals surface area contributed by atoms with Gasteiger partial charge in [-0.25, -0.2) is 0 Å². The minimum Gasteiger partial charge on any atom is -0.394 e. The van der Waals surface area contributed by atoms with E-state index in [0.29, 0.717) is 13.2 Å². The molecule has 0 bridgehead atoms. The molecule has 0 aliphatic carbocycles. The Labute approximate surface area is 55.6 Å². The van der Waals surface area contributed by atoms with Gasteiger partial charge in [0.05, 0.1) is 25.9 Å². The molecule has 0 aromatic rings. The molecule has 0 heterocycles. The third-order valence-electron chi connectivity index (χ3n) is 0.947. The summed E-state index contributed by atoms with van der Waals surface area (Å²) in [5.74, 6) is 0. The number of ether oxygens (including phenoxy) is 2. The Bertz CT molecular complexity index is 56.3. The lowest BCUT2D eigenvalue weighted by molar-refractivity contribution is -0.00102. The summed E-state index contributed by atoms with van der Waals surface area (Å²) >= 11 is 0. The molecule has 0 aromatic heterocycles. The van der Waals surface area contributed by atoms with Crippen molar-refractivity contribution in [3.8, 4) is 0 Å². The van der Waals surface area contributed by atoms with Gasteiger partial charge in [0.25, 0.3) is 0 Å². The molecule has 0 rings (SSSR count). The largest absolute Gasteiger partial charge is 0.394 e. The molecule has 0 spiro atoms. The molecule has 56 valence electrons. The van der Waals surface area contributed by atoms with Gasteiger partial charge in [0, 0.05) is 7.11 Å². The highest BCUT2D eigenvalue weighted by atomic mass is 16.5. The van der Waals surface area contributed by atoms with Gasteiger partial charge < -0.3 is 14.6 Å². The summed E-state index contributed by atoms with van der Waals surface area (Å²) in [7, 11) is 1.62. The molecule has 0 aromatic carbocycles. The Morgan fingerprint density at radius 3 is 2.56 bits per heavy atom. The van der Waals surface area contributed by atoms with Gasteiger partial charge >= 0.3 is 0 Å². The summed E-state index contributed by atoms with van der Waals surface area (Å²) in [6.45, 7) is 3.03. The van der Waals surface area contributed by atoms with Crippen molar-refractivity contribution in [1.29, 1.82) is 0 Å². The number of hydrogen-bond acceptors (Lipinski definition) is 3. The highest BCUT2D eigenvalue weighted by molar-refractivity contribution is 4.42. The molecule has 0 radical (unpaired) electrons. The maximum absolute atomic E-state index is 8.47. The number of rotatable bonds is 5. The fraction of sp³-hybridized carbons (Fsp3) is 1.00. The van der Waals surface area contributed by atoms with Crippen molar-refractivity contribution in [2.75, 3.05) is 26.9 Å². The third kappa shape index (κ3) is 5.76. The van der Waals surface area contributed by atoms with Crippen molar-refractivity contribution in [2.45, 2.75) is 13.0 Å². The van der Waals surface area contributed by atoms with E-state index >= 15 is 0 Å². The molecule has 0 fully saturated rings. The summed E-state index contributed by atoms with van der Waals surface area (Å²) in [6.07, 6.45) is -0.0693. The lowest BCUT2D eigenvalue weighted by Gasteiger charge is -2.07. The SMILES string of the molecule is COCCO[C@H](C)CO.